The Kier molecular flexibility index (Phi) is 6.83. The Bertz CT molecular complexity index is 1050. The number of hydrogen-bond acceptors (Lipinski definition) is 5. The molecule has 0 saturated carbocycles. The van der Waals surface area contributed by atoms with Gasteiger partial charge in [0.15, 0.2) is 0 Å². The Labute approximate surface area is 190 Å². The molecule has 1 amide bonds. The van der Waals surface area contributed by atoms with Crippen molar-refractivity contribution in [1.82, 2.24) is 14.1 Å². The monoisotopic (exact) mass is 457 g/mol. The molecule has 4 rings (SSSR count). The van der Waals surface area contributed by atoms with E-state index < -0.39 is 16.1 Å². The molecule has 1 atom stereocenters. The first-order valence-corrected chi connectivity index (χ1v) is 12.6. The third kappa shape index (κ3) is 4.67. The van der Waals surface area contributed by atoms with Gasteiger partial charge in [0.05, 0.1) is 12.0 Å². The Morgan fingerprint density at radius 3 is 2.44 bits per heavy atom. The van der Waals surface area contributed by atoms with Crippen LogP contribution in [0.4, 0.5) is 0 Å². The minimum atomic E-state index is -3.79. The predicted molar refractivity (Wildman–Crippen MR) is 123 cm³/mol. The molecule has 32 heavy (non-hydrogen) atoms. The van der Waals surface area contributed by atoms with E-state index in [2.05, 4.69) is 17.0 Å². The highest BCUT2D eigenvalue weighted by Crippen LogP contribution is 2.31. The summed E-state index contributed by atoms with van der Waals surface area (Å²) in [5, 5.41) is 0. The standard InChI is InChI=1S/C24H31N3O4S/c1-19-10-11-21(31-2)17-23(19)32(29,30)27-12-6-9-22(27)24(28)26-15-13-25(14-16-26)18-20-7-4-3-5-8-20/h3-5,7-8,10-11,17,22H,6,9,12-16,18H2,1-2H3. The molecule has 8 heteroatoms. The molecular weight excluding hydrogens is 426 g/mol. The fourth-order valence-electron chi connectivity index (χ4n) is 4.57. The second-order valence-electron chi connectivity index (χ2n) is 8.49. The van der Waals surface area contributed by atoms with Gasteiger partial charge in [-0.05, 0) is 37.0 Å². The lowest BCUT2D eigenvalue weighted by molar-refractivity contribution is -0.136. The summed E-state index contributed by atoms with van der Waals surface area (Å²) in [6.45, 7) is 5.81. The molecule has 0 bridgehead atoms. The summed E-state index contributed by atoms with van der Waals surface area (Å²) in [6, 6.07) is 14.7. The summed E-state index contributed by atoms with van der Waals surface area (Å²) in [6.07, 6.45) is 1.25. The highest BCUT2D eigenvalue weighted by Gasteiger charge is 2.42. The van der Waals surface area contributed by atoms with E-state index in [4.69, 9.17) is 4.74 Å². The van der Waals surface area contributed by atoms with Crippen LogP contribution in [0.3, 0.4) is 0 Å². The first-order chi connectivity index (χ1) is 15.4. The number of hydrogen-bond donors (Lipinski definition) is 0. The van der Waals surface area contributed by atoms with Crippen LogP contribution in [0.25, 0.3) is 0 Å². The smallest absolute Gasteiger partial charge is 0.244 e. The maximum Gasteiger partial charge on any atom is 0.244 e. The van der Waals surface area contributed by atoms with E-state index in [1.54, 1.807) is 25.1 Å². The van der Waals surface area contributed by atoms with Crippen LogP contribution in [0.5, 0.6) is 5.75 Å². The molecule has 1 unspecified atom stereocenters. The van der Waals surface area contributed by atoms with Crippen LogP contribution < -0.4 is 4.74 Å². The van der Waals surface area contributed by atoms with Gasteiger partial charge in [-0.3, -0.25) is 9.69 Å². The number of rotatable bonds is 6. The number of nitrogens with zero attached hydrogens (tertiary/aromatic N) is 3. The number of carbonyl (C=O) groups excluding carboxylic acids is 1. The Morgan fingerprint density at radius 2 is 1.75 bits per heavy atom. The quantitative estimate of drug-likeness (QED) is 0.667. The summed E-state index contributed by atoms with van der Waals surface area (Å²) >= 11 is 0. The van der Waals surface area contributed by atoms with Crippen molar-refractivity contribution in [3.63, 3.8) is 0 Å². The molecule has 2 fully saturated rings. The molecule has 172 valence electrons. The van der Waals surface area contributed by atoms with Crippen LogP contribution in [-0.2, 0) is 21.4 Å². The zero-order chi connectivity index (χ0) is 22.7. The zero-order valence-electron chi connectivity index (χ0n) is 18.7. The SMILES string of the molecule is COc1ccc(C)c(S(=O)(=O)N2CCCC2C(=O)N2CCN(Cc3ccccc3)CC2)c1. The zero-order valence-corrected chi connectivity index (χ0v) is 19.6. The molecule has 7 nitrogen and oxygen atoms in total. The van der Waals surface area contributed by atoms with Crippen LogP contribution in [0.15, 0.2) is 53.4 Å². The van der Waals surface area contributed by atoms with Gasteiger partial charge in [0.25, 0.3) is 0 Å². The van der Waals surface area contributed by atoms with Crippen molar-refractivity contribution in [2.24, 2.45) is 0 Å². The molecular formula is C24H31N3O4S. The number of piperazine rings is 1. The Hall–Kier alpha value is -2.42. The maximum absolute atomic E-state index is 13.5. The van der Waals surface area contributed by atoms with Crippen molar-refractivity contribution in [3.8, 4) is 5.75 Å². The van der Waals surface area contributed by atoms with E-state index in [0.717, 1.165) is 19.6 Å². The van der Waals surface area contributed by atoms with E-state index in [1.165, 1.54) is 17.0 Å². The van der Waals surface area contributed by atoms with Gasteiger partial charge < -0.3 is 9.64 Å². The lowest BCUT2D eigenvalue weighted by atomic mass is 10.1. The van der Waals surface area contributed by atoms with Crippen LogP contribution in [-0.4, -0.2) is 74.3 Å². The lowest BCUT2D eigenvalue weighted by Gasteiger charge is -2.37. The van der Waals surface area contributed by atoms with E-state index in [9.17, 15) is 13.2 Å². The lowest BCUT2D eigenvalue weighted by Crippen LogP contribution is -2.54. The molecule has 2 aliphatic heterocycles. The predicted octanol–water partition coefficient (Wildman–Crippen LogP) is 2.50. The molecule has 2 aromatic carbocycles. The van der Waals surface area contributed by atoms with E-state index in [1.807, 2.05) is 23.1 Å². The van der Waals surface area contributed by atoms with Gasteiger partial charge >= 0.3 is 0 Å². The molecule has 0 aliphatic carbocycles. The van der Waals surface area contributed by atoms with Gasteiger partial charge in [0.2, 0.25) is 15.9 Å². The molecule has 0 spiro atoms. The number of benzene rings is 2. The normalized spacial score (nSPS) is 20.4. The van der Waals surface area contributed by atoms with E-state index in [-0.39, 0.29) is 10.8 Å². The third-order valence-corrected chi connectivity index (χ3v) is 8.45. The van der Waals surface area contributed by atoms with Crippen molar-refractivity contribution in [1.29, 1.82) is 0 Å². The topological polar surface area (TPSA) is 70.2 Å². The number of amides is 1. The van der Waals surface area contributed by atoms with Gasteiger partial charge in [-0.25, -0.2) is 8.42 Å². The molecule has 2 heterocycles. The average Bonchev–Trinajstić information content (AvgIpc) is 3.31. The van der Waals surface area contributed by atoms with Crippen LogP contribution in [0, 0.1) is 6.92 Å². The highest BCUT2D eigenvalue weighted by molar-refractivity contribution is 7.89. The maximum atomic E-state index is 13.5. The first kappa shape index (κ1) is 22.8. The number of aryl methyl sites for hydroxylation is 1. The highest BCUT2D eigenvalue weighted by atomic mass is 32.2. The first-order valence-electron chi connectivity index (χ1n) is 11.1. The van der Waals surface area contributed by atoms with Crippen molar-refractivity contribution in [2.75, 3.05) is 39.8 Å². The molecule has 0 aromatic heterocycles. The van der Waals surface area contributed by atoms with E-state index in [0.29, 0.717) is 43.8 Å². The fourth-order valence-corrected chi connectivity index (χ4v) is 6.46. The Balaban J connectivity index is 1.44. The molecule has 0 radical (unpaired) electrons. The van der Waals surface area contributed by atoms with Gasteiger partial charge in [0, 0.05) is 45.3 Å². The number of sulfonamides is 1. The van der Waals surface area contributed by atoms with Crippen LogP contribution >= 0.6 is 0 Å². The van der Waals surface area contributed by atoms with Crippen LogP contribution in [0.1, 0.15) is 24.0 Å². The summed E-state index contributed by atoms with van der Waals surface area (Å²) < 4.78 is 33.6. The van der Waals surface area contributed by atoms with Crippen molar-refractivity contribution < 1.29 is 17.9 Å². The van der Waals surface area contributed by atoms with Crippen LogP contribution in [0.2, 0.25) is 0 Å². The minimum absolute atomic E-state index is 0.0778. The molecule has 2 aromatic rings. The summed E-state index contributed by atoms with van der Waals surface area (Å²) in [5.74, 6) is 0.414. The average molecular weight is 458 g/mol. The summed E-state index contributed by atoms with van der Waals surface area (Å²) in [5.41, 5.74) is 1.91. The molecule has 2 saturated heterocycles. The fraction of sp³-hybridized carbons (Fsp3) is 0.458. The summed E-state index contributed by atoms with van der Waals surface area (Å²) in [7, 11) is -2.28. The third-order valence-electron chi connectivity index (χ3n) is 6.40. The van der Waals surface area contributed by atoms with Gasteiger partial charge in [-0.2, -0.15) is 4.31 Å². The van der Waals surface area contributed by atoms with Crippen molar-refractivity contribution in [3.05, 3.63) is 59.7 Å². The van der Waals surface area contributed by atoms with Gasteiger partial charge in [-0.15, -0.1) is 0 Å². The van der Waals surface area contributed by atoms with Gasteiger partial charge in [-0.1, -0.05) is 36.4 Å². The number of ether oxygens (including phenoxy) is 1. The van der Waals surface area contributed by atoms with Crippen molar-refractivity contribution >= 4 is 15.9 Å². The second-order valence-corrected chi connectivity index (χ2v) is 10.4. The molecule has 2 aliphatic rings. The van der Waals surface area contributed by atoms with Crippen molar-refractivity contribution in [2.45, 2.75) is 37.2 Å². The number of carbonyl (C=O) groups is 1. The summed E-state index contributed by atoms with van der Waals surface area (Å²) in [4.78, 5) is 17.7. The largest absolute Gasteiger partial charge is 0.497 e. The Morgan fingerprint density at radius 1 is 1.03 bits per heavy atom. The van der Waals surface area contributed by atoms with Gasteiger partial charge in [0.1, 0.15) is 11.8 Å². The number of methoxy groups -OCH3 is 1. The second kappa shape index (κ2) is 9.60. The minimum Gasteiger partial charge on any atom is -0.497 e. The van der Waals surface area contributed by atoms with E-state index >= 15 is 0 Å². The molecule has 0 N–H and O–H groups in total.